The van der Waals surface area contributed by atoms with E-state index in [2.05, 4.69) is 49.1 Å². The molecule has 7 nitrogen and oxygen atoms in total. The van der Waals surface area contributed by atoms with Crippen molar-refractivity contribution in [3.63, 3.8) is 0 Å². The lowest BCUT2D eigenvalue weighted by Gasteiger charge is -2.39. The number of hydrogen-bond donors (Lipinski definition) is 0. The molecule has 1 aromatic heterocycles. The quantitative estimate of drug-likeness (QED) is 0.763. The van der Waals surface area contributed by atoms with Crippen LogP contribution >= 0.6 is 0 Å². The molecular formula is C21H32N6O. The second-order valence-corrected chi connectivity index (χ2v) is 7.89. The number of tetrazole rings is 1. The normalized spacial score (nSPS) is 20.9. The van der Waals surface area contributed by atoms with Gasteiger partial charge in [-0.3, -0.25) is 4.90 Å². The molecule has 152 valence electrons. The molecule has 0 spiro atoms. The molecule has 1 saturated carbocycles. The van der Waals surface area contributed by atoms with E-state index in [1.165, 1.54) is 32.1 Å². The molecule has 0 N–H and O–H groups in total. The molecule has 1 aliphatic carbocycles. The summed E-state index contributed by atoms with van der Waals surface area (Å²) in [4.78, 5) is 5.02. The predicted octanol–water partition coefficient (Wildman–Crippen LogP) is 2.91. The Kier molecular flexibility index (Phi) is 6.22. The van der Waals surface area contributed by atoms with Crippen molar-refractivity contribution < 1.29 is 4.74 Å². The first-order valence-electron chi connectivity index (χ1n) is 10.7. The van der Waals surface area contributed by atoms with E-state index in [1.54, 1.807) is 7.11 Å². The van der Waals surface area contributed by atoms with E-state index in [4.69, 9.17) is 4.74 Å². The van der Waals surface area contributed by atoms with Crippen LogP contribution in [-0.2, 0) is 0 Å². The van der Waals surface area contributed by atoms with Gasteiger partial charge < -0.3 is 9.64 Å². The van der Waals surface area contributed by atoms with Crippen LogP contribution in [0, 0.1) is 0 Å². The summed E-state index contributed by atoms with van der Waals surface area (Å²) >= 11 is 0. The van der Waals surface area contributed by atoms with Crippen molar-refractivity contribution in [3.8, 4) is 5.75 Å². The van der Waals surface area contributed by atoms with Crippen LogP contribution in [0.4, 0.5) is 0 Å². The zero-order valence-electron chi connectivity index (χ0n) is 17.1. The van der Waals surface area contributed by atoms with E-state index in [1.807, 2.05) is 12.1 Å². The van der Waals surface area contributed by atoms with E-state index in [0.717, 1.165) is 49.9 Å². The summed E-state index contributed by atoms with van der Waals surface area (Å²) in [6.45, 7) is 7.51. The minimum Gasteiger partial charge on any atom is -0.496 e. The highest BCUT2D eigenvalue weighted by atomic mass is 16.5. The van der Waals surface area contributed by atoms with Crippen LogP contribution in [0.2, 0.25) is 0 Å². The Morgan fingerprint density at radius 3 is 2.54 bits per heavy atom. The number of rotatable bonds is 6. The summed E-state index contributed by atoms with van der Waals surface area (Å²) in [6.07, 6.45) is 6.18. The lowest BCUT2D eigenvalue weighted by atomic mass is 9.95. The number of piperazine rings is 1. The molecule has 1 atom stereocenters. The van der Waals surface area contributed by atoms with Gasteiger partial charge in [-0.1, -0.05) is 44.4 Å². The molecule has 2 fully saturated rings. The first kappa shape index (κ1) is 19.3. The van der Waals surface area contributed by atoms with Crippen LogP contribution in [0.5, 0.6) is 5.75 Å². The van der Waals surface area contributed by atoms with Gasteiger partial charge in [0.1, 0.15) is 11.8 Å². The third kappa shape index (κ3) is 3.91. The lowest BCUT2D eigenvalue weighted by Crippen LogP contribution is -2.48. The van der Waals surface area contributed by atoms with Crippen molar-refractivity contribution in [2.75, 3.05) is 39.8 Å². The van der Waals surface area contributed by atoms with Gasteiger partial charge in [0.15, 0.2) is 5.82 Å². The van der Waals surface area contributed by atoms with Crippen molar-refractivity contribution in [1.29, 1.82) is 0 Å². The van der Waals surface area contributed by atoms with Gasteiger partial charge in [-0.05, 0) is 35.9 Å². The third-order valence-electron chi connectivity index (χ3n) is 6.34. The van der Waals surface area contributed by atoms with Crippen LogP contribution < -0.4 is 4.74 Å². The van der Waals surface area contributed by atoms with Crippen LogP contribution in [0.1, 0.15) is 62.5 Å². The zero-order chi connectivity index (χ0) is 19.3. The van der Waals surface area contributed by atoms with Gasteiger partial charge in [-0.15, -0.1) is 5.10 Å². The number of aromatic nitrogens is 4. The molecule has 4 rings (SSSR count). The molecule has 1 aliphatic heterocycles. The van der Waals surface area contributed by atoms with E-state index in [-0.39, 0.29) is 6.04 Å². The molecule has 0 unspecified atom stereocenters. The minimum atomic E-state index is 0.0204. The maximum Gasteiger partial charge on any atom is 0.173 e. The Morgan fingerprint density at radius 2 is 1.82 bits per heavy atom. The van der Waals surface area contributed by atoms with Gasteiger partial charge in [-0.2, -0.15) is 0 Å². The molecule has 1 aromatic carbocycles. The second-order valence-electron chi connectivity index (χ2n) is 7.89. The summed E-state index contributed by atoms with van der Waals surface area (Å²) in [5.74, 6) is 1.87. The van der Waals surface area contributed by atoms with Crippen molar-refractivity contribution in [2.45, 2.75) is 51.1 Å². The number of benzene rings is 1. The average molecular weight is 385 g/mol. The Bertz CT molecular complexity index is 749. The van der Waals surface area contributed by atoms with Gasteiger partial charge in [0.2, 0.25) is 0 Å². The molecule has 2 heterocycles. The molecule has 0 amide bonds. The van der Waals surface area contributed by atoms with Gasteiger partial charge >= 0.3 is 0 Å². The molecule has 2 aromatic rings. The minimum absolute atomic E-state index is 0.0204. The number of nitrogens with zero attached hydrogens (tertiary/aromatic N) is 6. The van der Waals surface area contributed by atoms with Crippen molar-refractivity contribution in [1.82, 2.24) is 30.0 Å². The van der Waals surface area contributed by atoms with Crippen LogP contribution in [0.3, 0.4) is 0 Å². The number of likely N-dealkylation sites (N-methyl/N-ethyl adjacent to an activating group) is 1. The molecule has 0 bridgehead atoms. The summed E-state index contributed by atoms with van der Waals surface area (Å²) in [6, 6.07) is 8.75. The molecule has 28 heavy (non-hydrogen) atoms. The fourth-order valence-electron chi connectivity index (χ4n) is 4.70. The van der Waals surface area contributed by atoms with Crippen LogP contribution in [-0.4, -0.2) is 69.8 Å². The maximum absolute atomic E-state index is 5.73. The largest absolute Gasteiger partial charge is 0.496 e. The van der Waals surface area contributed by atoms with Gasteiger partial charge in [0.05, 0.1) is 13.2 Å². The fourth-order valence-corrected chi connectivity index (χ4v) is 4.70. The smallest absolute Gasteiger partial charge is 0.173 e. The number of methoxy groups -OCH3 is 1. The second kappa shape index (κ2) is 9.01. The van der Waals surface area contributed by atoms with E-state index in [0.29, 0.717) is 6.04 Å². The highest BCUT2D eigenvalue weighted by Crippen LogP contribution is 2.37. The Morgan fingerprint density at radius 1 is 1.07 bits per heavy atom. The maximum atomic E-state index is 5.73. The predicted molar refractivity (Wildman–Crippen MR) is 108 cm³/mol. The van der Waals surface area contributed by atoms with E-state index >= 15 is 0 Å². The van der Waals surface area contributed by atoms with E-state index in [9.17, 15) is 0 Å². The van der Waals surface area contributed by atoms with Crippen molar-refractivity contribution in [2.24, 2.45) is 0 Å². The lowest BCUT2D eigenvalue weighted by molar-refractivity contribution is 0.106. The SMILES string of the molecule is CCN1CCN([C@H](c2ccccc2OC)c2nnnn2C2CCCCC2)CC1. The first-order valence-corrected chi connectivity index (χ1v) is 10.7. The summed E-state index contributed by atoms with van der Waals surface area (Å²) in [5, 5.41) is 13.1. The molecule has 1 saturated heterocycles. The highest BCUT2D eigenvalue weighted by molar-refractivity contribution is 5.39. The number of hydrogen-bond acceptors (Lipinski definition) is 6. The topological polar surface area (TPSA) is 59.3 Å². The Hall–Kier alpha value is -1.99. The highest BCUT2D eigenvalue weighted by Gasteiger charge is 2.34. The summed E-state index contributed by atoms with van der Waals surface area (Å²) in [5.41, 5.74) is 1.15. The van der Waals surface area contributed by atoms with Gasteiger partial charge in [-0.25, -0.2) is 4.68 Å². The third-order valence-corrected chi connectivity index (χ3v) is 6.34. The molecular weight excluding hydrogens is 352 g/mol. The molecule has 7 heteroatoms. The van der Waals surface area contributed by atoms with E-state index < -0.39 is 0 Å². The Balaban J connectivity index is 1.71. The summed E-state index contributed by atoms with van der Waals surface area (Å²) in [7, 11) is 1.75. The first-order chi connectivity index (χ1) is 13.8. The monoisotopic (exact) mass is 384 g/mol. The Labute approximate surface area is 167 Å². The van der Waals surface area contributed by atoms with Gasteiger partial charge in [0, 0.05) is 31.7 Å². The average Bonchev–Trinajstić information content (AvgIpc) is 3.25. The van der Waals surface area contributed by atoms with Gasteiger partial charge in [0.25, 0.3) is 0 Å². The van der Waals surface area contributed by atoms with Crippen molar-refractivity contribution >= 4 is 0 Å². The summed E-state index contributed by atoms with van der Waals surface area (Å²) < 4.78 is 7.84. The zero-order valence-corrected chi connectivity index (χ0v) is 17.1. The van der Waals surface area contributed by atoms with Crippen molar-refractivity contribution in [3.05, 3.63) is 35.7 Å². The molecule has 2 aliphatic rings. The number of ether oxygens (including phenoxy) is 1. The fraction of sp³-hybridized carbons (Fsp3) is 0.667. The standard InChI is InChI=1S/C21H32N6O/c1-3-25-13-15-26(16-14-25)20(18-11-7-8-12-19(18)28-2)21-22-23-24-27(21)17-9-5-4-6-10-17/h7-8,11-12,17,20H,3-6,9-10,13-16H2,1-2H3/t20-/m1/s1. The van der Waals surface area contributed by atoms with Crippen LogP contribution in [0.15, 0.2) is 24.3 Å². The number of para-hydroxylation sites is 1. The molecule has 0 radical (unpaired) electrons. The van der Waals surface area contributed by atoms with Crippen LogP contribution in [0.25, 0.3) is 0 Å².